The molecule has 0 aliphatic carbocycles. The zero-order valence-corrected chi connectivity index (χ0v) is 11.5. The number of carbonyl (C=O) groups excluding carboxylic acids is 1. The summed E-state index contributed by atoms with van der Waals surface area (Å²) in [7, 11) is 0. The van der Waals surface area contributed by atoms with Crippen LogP contribution in [0.1, 0.15) is 38.9 Å². The monoisotopic (exact) mass is 249 g/mol. The molecule has 0 saturated heterocycles. The van der Waals surface area contributed by atoms with Gasteiger partial charge in [0, 0.05) is 13.1 Å². The third-order valence-electron chi connectivity index (χ3n) is 3.35. The van der Waals surface area contributed by atoms with E-state index in [1.807, 2.05) is 51.1 Å². The first-order valence-electron chi connectivity index (χ1n) is 6.67. The van der Waals surface area contributed by atoms with Gasteiger partial charge in [-0.15, -0.1) is 0 Å². The van der Waals surface area contributed by atoms with Crippen molar-refractivity contribution in [3.63, 3.8) is 0 Å². The van der Waals surface area contributed by atoms with E-state index in [0.717, 1.165) is 5.56 Å². The molecule has 1 rings (SSSR count). The standard InChI is InChI=1S/C15H23NO2/c1-4-13(15(18)16(5-2)6-3)14(17)12-10-8-7-9-11-12/h7-11,13-14,17H,4-6H2,1-3H3/t13-,14-/m0/s1. The third-order valence-corrected chi connectivity index (χ3v) is 3.35. The van der Waals surface area contributed by atoms with E-state index in [1.54, 1.807) is 4.90 Å². The summed E-state index contributed by atoms with van der Waals surface area (Å²) in [6, 6.07) is 9.40. The van der Waals surface area contributed by atoms with E-state index in [1.165, 1.54) is 0 Å². The van der Waals surface area contributed by atoms with Gasteiger partial charge in [-0.25, -0.2) is 0 Å². The van der Waals surface area contributed by atoms with Gasteiger partial charge in [0.15, 0.2) is 0 Å². The Balaban J connectivity index is 2.86. The van der Waals surface area contributed by atoms with Crippen molar-refractivity contribution in [2.75, 3.05) is 13.1 Å². The van der Waals surface area contributed by atoms with Crippen molar-refractivity contribution in [3.8, 4) is 0 Å². The molecule has 18 heavy (non-hydrogen) atoms. The Morgan fingerprint density at radius 1 is 1.17 bits per heavy atom. The van der Waals surface area contributed by atoms with Crippen molar-refractivity contribution in [1.82, 2.24) is 4.90 Å². The van der Waals surface area contributed by atoms with Crippen LogP contribution in [0, 0.1) is 5.92 Å². The normalized spacial score (nSPS) is 14.0. The Labute approximate surface area is 109 Å². The molecule has 0 spiro atoms. The number of hydrogen-bond donors (Lipinski definition) is 1. The first-order valence-corrected chi connectivity index (χ1v) is 6.67. The number of nitrogens with zero attached hydrogens (tertiary/aromatic N) is 1. The number of carbonyl (C=O) groups is 1. The number of aliphatic hydroxyl groups is 1. The minimum absolute atomic E-state index is 0.0406. The molecular weight excluding hydrogens is 226 g/mol. The summed E-state index contributed by atoms with van der Waals surface area (Å²) in [6.07, 6.45) is -0.0740. The molecule has 1 aromatic rings. The summed E-state index contributed by atoms with van der Waals surface area (Å²) >= 11 is 0. The van der Waals surface area contributed by atoms with Crippen LogP contribution in [0.15, 0.2) is 30.3 Å². The summed E-state index contributed by atoms with van der Waals surface area (Å²) in [4.78, 5) is 14.1. The highest BCUT2D eigenvalue weighted by Gasteiger charge is 2.28. The molecule has 0 radical (unpaired) electrons. The maximum Gasteiger partial charge on any atom is 0.228 e. The minimum atomic E-state index is -0.718. The van der Waals surface area contributed by atoms with E-state index < -0.39 is 6.10 Å². The van der Waals surface area contributed by atoms with E-state index in [4.69, 9.17) is 0 Å². The fraction of sp³-hybridized carbons (Fsp3) is 0.533. The Morgan fingerprint density at radius 3 is 2.17 bits per heavy atom. The molecule has 0 aromatic heterocycles. The number of hydrogen-bond acceptors (Lipinski definition) is 2. The molecule has 100 valence electrons. The molecule has 3 nitrogen and oxygen atoms in total. The fourth-order valence-electron chi connectivity index (χ4n) is 2.19. The average molecular weight is 249 g/mol. The zero-order valence-electron chi connectivity index (χ0n) is 11.5. The average Bonchev–Trinajstić information content (AvgIpc) is 2.42. The van der Waals surface area contributed by atoms with Gasteiger partial charge < -0.3 is 10.0 Å². The molecule has 0 aliphatic heterocycles. The molecular formula is C15H23NO2. The van der Waals surface area contributed by atoms with Gasteiger partial charge in [-0.05, 0) is 25.8 Å². The second kappa shape index (κ2) is 7.17. The maximum absolute atomic E-state index is 12.3. The summed E-state index contributed by atoms with van der Waals surface area (Å²) in [5.41, 5.74) is 0.810. The van der Waals surface area contributed by atoms with Gasteiger partial charge in [-0.3, -0.25) is 4.79 Å². The van der Waals surface area contributed by atoms with Gasteiger partial charge in [-0.2, -0.15) is 0 Å². The van der Waals surface area contributed by atoms with Gasteiger partial charge in [0.25, 0.3) is 0 Å². The smallest absolute Gasteiger partial charge is 0.228 e. The second-order valence-electron chi connectivity index (χ2n) is 4.38. The van der Waals surface area contributed by atoms with E-state index in [2.05, 4.69) is 0 Å². The van der Waals surface area contributed by atoms with Crippen molar-refractivity contribution in [1.29, 1.82) is 0 Å². The number of benzene rings is 1. The quantitative estimate of drug-likeness (QED) is 0.842. The Hall–Kier alpha value is -1.35. The Morgan fingerprint density at radius 2 is 1.72 bits per heavy atom. The molecule has 0 unspecified atom stereocenters. The predicted octanol–water partition coefficient (Wildman–Crippen LogP) is 2.61. The predicted molar refractivity (Wildman–Crippen MR) is 73.1 cm³/mol. The van der Waals surface area contributed by atoms with Crippen LogP contribution in [-0.2, 0) is 4.79 Å². The highest BCUT2D eigenvalue weighted by molar-refractivity contribution is 5.79. The van der Waals surface area contributed by atoms with E-state index in [0.29, 0.717) is 19.5 Å². The topological polar surface area (TPSA) is 40.5 Å². The summed E-state index contributed by atoms with van der Waals surface area (Å²) in [6.45, 7) is 7.24. The molecule has 2 atom stereocenters. The lowest BCUT2D eigenvalue weighted by Crippen LogP contribution is -2.38. The van der Waals surface area contributed by atoms with Crippen LogP contribution in [0.4, 0.5) is 0 Å². The molecule has 0 saturated carbocycles. The van der Waals surface area contributed by atoms with Crippen molar-refractivity contribution in [2.45, 2.75) is 33.3 Å². The van der Waals surface area contributed by atoms with E-state index >= 15 is 0 Å². The maximum atomic E-state index is 12.3. The highest BCUT2D eigenvalue weighted by Crippen LogP contribution is 2.26. The first-order chi connectivity index (χ1) is 8.65. The second-order valence-corrected chi connectivity index (χ2v) is 4.38. The number of rotatable bonds is 6. The molecule has 0 bridgehead atoms. The minimum Gasteiger partial charge on any atom is -0.388 e. The summed E-state index contributed by atoms with van der Waals surface area (Å²) in [5, 5.41) is 10.3. The van der Waals surface area contributed by atoms with Gasteiger partial charge in [0.1, 0.15) is 0 Å². The van der Waals surface area contributed by atoms with Gasteiger partial charge in [-0.1, -0.05) is 37.3 Å². The molecule has 3 heteroatoms. The van der Waals surface area contributed by atoms with Gasteiger partial charge in [0.05, 0.1) is 12.0 Å². The van der Waals surface area contributed by atoms with Crippen molar-refractivity contribution in [3.05, 3.63) is 35.9 Å². The van der Waals surface area contributed by atoms with E-state index in [9.17, 15) is 9.90 Å². The van der Waals surface area contributed by atoms with Gasteiger partial charge >= 0.3 is 0 Å². The Kier molecular flexibility index (Phi) is 5.86. The molecule has 0 heterocycles. The molecule has 0 fully saturated rings. The van der Waals surface area contributed by atoms with Gasteiger partial charge in [0.2, 0.25) is 5.91 Å². The van der Waals surface area contributed by atoms with Crippen molar-refractivity contribution < 1.29 is 9.90 Å². The lowest BCUT2D eigenvalue weighted by Gasteiger charge is -2.27. The van der Waals surface area contributed by atoms with Crippen LogP contribution < -0.4 is 0 Å². The largest absolute Gasteiger partial charge is 0.388 e. The van der Waals surface area contributed by atoms with Crippen LogP contribution in [0.5, 0.6) is 0 Å². The van der Waals surface area contributed by atoms with Crippen LogP contribution in [0.25, 0.3) is 0 Å². The third kappa shape index (κ3) is 3.33. The van der Waals surface area contributed by atoms with Crippen LogP contribution in [-0.4, -0.2) is 29.0 Å². The lowest BCUT2D eigenvalue weighted by atomic mass is 9.92. The highest BCUT2D eigenvalue weighted by atomic mass is 16.3. The molecule has 1 amide bonds. The van der Waals surface area contributed by atoms with Crippen LogP contribution >= 0.6 is 0 Å². The molecule has 0 aliphatic rings. The Bertz CT molecular complexity index is 360. The zero-order chi connectivity index (χ0) is 13.5. The van der Waals surface area contributed by atoms with Crippen molar-refractivity contribution >= 4 is 5.91 Å². The summed E-state index contributed by atoms with van der Waals surface area (Å²) in [5.74, 6) is -0.314. The SMILES string of the molecule is CC[C@H](C(=O)N(CC)CC)[C@@H](O)c1ccccc1. The first kappa shape index (κ1) is 14.7. The molecule has 1 N–H and O–H groups in total. The fourth-order valence-corrected chi connectivity index (χ4v) is 2.19. The lowest BCUT2D eigenvalue weighted by molar-refractivity contribution is -0.139. The number of amides is 1. The number of aliphatic hydroxyl groups excluding tert-OH is 1. The molecule has 1 aromatic carbocycles. The van der Waals surface area contributed by atoms with E-state index in [-0.39, 0.29) is 11.8 Å². The van der Waals surface area contributed by atoms with Crippen LogP contribution in [0.3, 0.4) is 0 Å². The summed E-state index contributed by atoms with van der Waals surface area (Å²) < 4.78 is 0. The van der Waals surface area contributed by atoms with Crippen LogP contribution in [0.2, 0.25) is 0 Å². The van der Waals surface area contributed by atoms with Crippen molar-refractivity contribution in [2.24, 2.45) is 5.92 Å².